The molecule has 0 unspecified atom stereocenters. The number of aromatic nitrogens is 1. The van der Waals surface area contributed by atoms with Gasteiger partial charge in [0.2, 0.25) is 5.88 Å². The Morgan fingerprint density at radius 3 is 2.53 bits per heavy atom. The molecule has 15 heavy (non-hydrogen) atoms. The fourth-order valence-electron chi connectivity index (χ4n) is 1.27. The lowest BCUT2D eigenvalue weighted by Gasteiger charge is -2.05. The van der Waals surface area contributed by atoms with Gasteiger partial charge in [-0.1, -0.05) is 23.2 Å². The monoisotopic (exact) mass is 305 g/mol. The number of pyridine rings is 1. The molecule has 1 aromatic heterocycles. The van der Waals surface area contributed by atoms with Crippen molar-refractivity contribution >= 4 is 50.0 Å². The number of rotatable bonds is 1. The predicted molar refractivity (Wildman–Crippen MR) is 66.0 cm³/mol. The Balaban J connectivity index is 2.76. The van der Waals surface area contributed by atoms with Gasteiger partial charge >= 0.3 is 0 Å². The van der Waals surface area contributed by atoms with Crippen LogP contribution in [0.5, 0.6) is 5.88 Å². The van der Waals surface area contributed by atoms with Crippen LogP contribution in [-0.2, 0) is 0 Å². The number of hydrogen-bond acceptors (Lipinski definition) is 2. The fourth-order valence-corrected chi connectivity index (χ4v) is 2.10. The van der Waals surface area contributed by atoms with Gasteiger partial charge in [-0.3, -0.25) is 0 Å². The first-order valence-electron chi connectivity index (χ1n) is 4.11. The maximum absolute atomic E-state index is 5.91. The van der Waals surface area contributed by atoms with Crippen LogP contribution < -0.4 is 4.74 Å². The maximum atomic E-state index is 5.91. The third kappa shape index (κ3) is 2.05. The topological polar surface area (TPSA) is 22.1 Å². The number of halogens is 3. The molecule has 0 aliphatic rings. The maximum Gasteiger partial charge on any atom is 0.228 e. The Labute approximate surface area is 105 Å². The molecular formula is C10H6BrCl2NO. The number of benzene rings is 1. The van der Waals surface area contributed by atoms with Gasteiger partial charge in [0.15, 0.2) is 0 Å². The molecule has 0 N–H and O–H groups in total. The molecule has 2 aromatic rings. The highest BCUT2D eigenvalue weighted by molar-refractivity contribution is 9.10. The van der Waals surface area contributed by atoms with E-state index in [0.717, 1.165) is 15.4 Å². The molecule has 0 atom stereocenters. The highest BCUT2D eigenvalue weighted by atomic mass is 79.9. The second kappa shape index (κ2) is 4.16. The summed E-state index contributed by atoms with van der Waals surface area (Å²) < 4.78 is 5.88. The molecule has 1 aromatic carbocycles. The Hall–Kier alpha value is -0.510. The zero-order chi connectivity index (χ0) is 11.0. The second-order valence-corrected chi connectivity index (χ2v) is 4.61. The first-order chi connectivity index (χ1) is 7.11. The van der Waals surface area contributed by atoms with Crippen LogP contribution in [0.25, 0.3) is 10.9 Å². The Bertz CT molecular complexity index is 530. The summed E-state index contributed by atoms with van der Waals surface area (Å²) in [5.41, 5.74) is 0.754. The minimum Gasteiger partial charge on any atom is -0.480 e. The molecule has 5 heteroatoms. The van der Waals surface area contributed by atoms with Crippen molar-refractivity contribution < 1.29 is 4.74 Å². The van der Waals surface area contributed by atoms with Gasteiger partial charge in [-0.2, -0.15) is 0 Å². The van der Waals surface area contributed by atoms with Crippen molar-refractivity contribution in [1.82, 2.24) is 4.98 Å². The van der Waals surface area contributed by atoms with E-state index in [0.29, 0.717) is 15.9 Å². The van der Waals surface area contributed by atoms with E-state index in [1.165, 1.54) is 0 Å². The summed E-state index contributed by atoms with van der Waals surface area (Å²) in [6, 6.07) is 5.38. The van der Waals surface area contributed by atoms with Crippen LogP contribution in [0.2, 0.25) is 10.0 Å². The van der Waals surface area contributed by atoms with Gasteiger partial charge in [-0.15, -0.1) is 0 Å². The molecule has 78 valence electrons. The first kappa shape index (κ1) is 11.0. The van der Waals surface area contributed by atoms with E-state index < -0.39 is 0 Å². The molecule has 0 bridgehead atoms. The van der Waals surface area contributed by atoms with Crippen molar-refractivity contribution in [2.75, 3.05) is 7.11 Å². The molecule has 0 saturated carbocycles. The van der Waals surface area contributed by atoms with E-state index in [9.17, 15) is 0 Å². The minimum atomic E-state index is 0.487. The normalized spacial score (nSPS) is 10.7. The standard InChI is InChI=1S/C10H6BrCl2NO/c1-15-10-6(11)2-5-3-7(12)8(13)4-9(5)14-10/h2-4H,1H3. The lowest BCUT2D eigenvalue weighted by atomic mass is 10.2. The van der Waals surface area contributed by atoms with Crippen molar-refractivity contribution in [2.24, 2.45) is 0 Å². The smallest absolute Gasteiger partial charge is 0.228 e. The number of ether oxygens (including phenoxy) is 1. The van der Waals surface area contributed by atoms with Crippen LogP contribution in [0.1, 0.15) is 0 Å². The van der Waals surface area contributed by atoms with Gasteiger partial charge in [0, 0.05) is 5.39 Å². The summed E-state index contributed by atoms with van der Waals surface area (Å²) in [6.07, 6.45) is 0. The van der Waals surface area contributed by atoms with Gasteiger partial charge in [0.25, 0.3) is 0 Å². The van der Waals surface area contributed by atoms with Crippen LogP contribution in [0.15, 0.2) is 22.7 Å². The Kier molecular flexibility index (Phi) is 3.05. The molecule has 0 radical (unpaired) electrons. The van der Waals surface area contributed by atoms with Crippen LogP contribution >= 0.6 is 39.1 Å². The second-order valence-electron chi connectivity index (χ2n) is 2.94. The molecule has 2 nitrogen and oxygen atoms in total. The third-order valence-corrected chi connectivity index (χ3v) is 3.26. The van der Waals surface area contributed by atoms with Crippen molar-refractivity contribution in [3.05, 3.63) is 32.7 Å². The summed E-state index contributed by atoms with van der Waals surface area (Å²) in [5.74, 6) is 0.529. The largest absolute Gasteiger partial charge is 0.480 e. The summed E-state index contributed by atoms with van der Waals surface area (Å²) in [6.45, 7) is 0. The highest BCUT2D eigenvalue weighted by Gasteiger charge is 2.07. The average Bonchev–Trinajstić information content (AvgIpc) is 2.20. The van der Waals surface area contributed by atoms with Gasteiger partial charge in [-0.05, 0) is 34.1 Å². The van der Waals surface area contributed by atoms with Crippen LogP contribution in [0.4, 0.5) is 0 Å². The highest BCUT2D eigenvalue weighted by Crippen LogP contribution is 2.31. The predicted octanol–water partition coefficient (Wildman–Crippen LogP) is 4.31. The molecule has 0 aliphatic carbocycles. The van der Waals surface area contributed by atoms with Crippen LogP contribution in [0.3, 0.4) is 0 Å². The molecule has 0 fully saturated rings. The molecule has 0 aliphatic heterocycles. The molecular weight excluding hydrogens is 301 g/mol. The Morgan fingerprint density at radius 1 is 1.20 bits per heavy atom. The van der Waals surface area contributed by atoms with E-state index in [-0.39, 0.29) is 0 Å². The number of nitrogens with zero attached hydrogens (tertiary/aromatic N) is 1. The van der Waals surface area contributed by atoms with Crippen molar-refractivity contribution in [3.8, 4) is 5.88 Å². The quantitative estimate of drug-likeness (QED) is 0.783. The number of hydrogen-bond donors (Lipinski definition) is 0. The fraction of sp³-hybridized carbons (Fsp3) is 0.100. The summed E-state index contributed by atoms with van der Waals surface area (Å²) in [7, 11) is 1.57. The van der Waals surface area contributed by atoms with Gasteiger partial charge in [0.1, 0.15) is 0 Å². The van der Waals surface area contributed by atoms with Gasteiger partial charge < -0.3 is 4.74 Å². The lowest BCUT2D eigenvalue weighted by Crippen LogP contribution is -1.90. The van der Waals surface area contributed by atoms with E-state index in [1.807, 2.05) is 6.07 Å². The van der Waals surface area contributed by atoms with Crippen molar-refractivity contribution in [3.63, 3.8) is 0 Å². The summed E-state index contributed by atoms with van der Waals surface area (Å²) in [4.78, 5) is 4.28. The summed E-state index contributed by atoms with van der Waals surface area (Å²) in [5, 5.41) is 1.92. The average molecular weight is 307 g/mol. The van der Waals surface area contributed by atoms with Crippen LogP contribution in [-0.4, -0.2) is 12.1 Å². The lowest BCUT2D eigenvalue weighted by molar-refractivity contribution is 0.397. The van der Waals surface area contributed by atoms with E-state index in [2.05, 4.69) is 20.9 Å². The number of fused-ring (bicyclic) bond motifs is 1. The van der Waals surface area contributed by atoms with Gasteiger partial charge in [0.05, 0.1) is 27.1 Å². The van der Waals surface area contributed by atoms with Crippen LogP contribution in [0, 0.1) is 0 Å². The van der Waals surface area contributed by atoms with E-state index in [1.54, 1.807) is 19.2 Å². The molecule has 2 rings (SSSR count). The zero-order valence-corrected chi connectivity index (χ0v) is 10.8. The first-order valence-corrected chi connectivity index (χ1v) is 5.66. The zero-order valence-electron chi connectivity index (χ0n) is 7.72. The minimum absolute atomic E-state index is 0.487. The molecule has 0 amide bonds. The van der Waals surface area contributed by atoms with Crippen molar-refractivity contribution in [1.29, 1.82) is 0 Å². The SMILES string of the molecule is COc1nc2cc(Cl)c(Cl)cc2cc1Br. The van der Waals surface area contributed by atoms with Gasteiger partial charge in [-0.25, -0.2) is 4.98 Å². The Morgan fingerprint density at radius 2 is 1.87 bits per heavy atom. The molecule has 0 spiro atoms. The van der Waals surface area contributed by atoms with E-state index >= 15 is 0 Å². The summed E-state index contributed by atoms with van der Waals surface area (Å²) >= 11 is 15.2. The van der Waals surface area contributed by atoms with Crippen molar-refractivity contribution in [2.45, 2.75) is 0 Å². The number of methoxy groups -OCH3 is 1. The molecule has 0 saturated heterocycles. The molecule has 1 heterocycles. The third-order valence-electron chi connectivity index (χ3n) is 1.97. The van der Waals surface area contributed by atoms with E-state index in [4.69, 9.17) is 27.9 Å².